The largest absolute Gasteiger partial charge is 0.379 e. The molecule has 1 N–H and O–H groups in total. The second-order valence-corrected chi connectivity index (χ2v) is 4.22. The predicted octanol–water partition coefficient (Wildman–Crippen LogP) is 1.85. The molecule has 4 heteroatoms. The standard InChI is InChI=1S/C13H17N3O/c1-3-9-13(17,11-7-5-4-6-8-11)12-10-14-15-16(12)2/h4-8,10,17H,3,9H2,1-2H3. The molecule has 1 aromatic carbocycles. The van der Waals surface area contributed by atoms with E-state index < -0.39 is 5.60 Å². The van der Waals surface area contributed by atoms with Gasteiger partial charge in [0.25, 0.3) is 0 Å². The molecule has 0 aliphatic rings. The van der Waals surface area contributed by atoms with Crippen molar-refractivity contribution in [2.45, 2.75) is 25.4 Å². The van der Waals surface area contributed by atoms with E-state index >= 15 is 0 Å². The first-order valence-corrected chi connectivity index (χ1v) is 5.81. The van der Waals surface area contributed by atoms with Gasteiger partial charge in [-0.05, 0) is 12.0 Å². The van der Waals surface area contributed by atoms with Gasteiger partial charge in [0, 0.05) is 7.05 Å². The maximum atomic E-state index is 10.9. The zero-order valence-corrected chi connectivity index (χ0v) is 10.2. The smallest absolute Gasteiger partial charge is 0.133 e. The molecule has 0 aliphatic heterocycles. The van der Waals surface area contributed by atoms with E-state index in [1.54, 1.807) is 17.9 Å². The zero-order valence-electron chi connectivity index (χ0n) is 10.2. The van der Waals surface area contributed by atoms with Gasteiger partial charge in [-0.15, -0.1) is 5.10 Å². The molecular weight excluding hydrogens is 214 g/mol. The summed E-state index contributed by atoms with van der Waals surface area (Å²) in [5.41, 5.74) is 0.603. The molecule has 1 heterocycles. The van der Waals surface area contributed by atoms with Crippen LogP contribution in [-0.4, -0.2) is 20.1 Å². The molecule has 0 aliphatic carbocycles. The summed E-state index contributed by atoms with van der Waals surface area (Å²) in [4.78, 5) is 0. The first-order chi connectivity index (χ1) is 8.18. The third-order valence-electron chi connectivity index (χ3n) is 3.00. The highest BCUT2D eigenvalue weighted by Gasteiger charge is 2.33. The van der Waals surface area contributed by atoms with Gasteiger partial charge in [0.05, 0.1) is 11.9 Å². The van der Waals surface area contributed by atoms with Gasteiger partial charge in [-0.3, -0.25) is 0 Å². The molecule has 0 radical (unpaired) electrons. The summed E-state index contributed by atoms with van der Waals surface area (Å²) in [7, 11) is 1.80. The quantitative estimate of drug-likeness (QED) is 0.873. The van der Waals surface area contributed by atoms with Crippen molar-refractivity contribution in [3.8, 4) is 0 Å². The lowest BCUT2D eigenvalue weighted by molar-refractivity contribution is 0.0615. The number of aryl methyl sites for hydroxylation is 1. The highest BCUT2D eigenvalue weighted by molar-refractivity contribution is 5.30. The van der Waals surface area contributed by atoms with Crippen LogP contribution >= 0.6 is 0 Å². The Morgan fingerprint density at radius 2 is 2.00 bits per heavy atom. The van der Waals surface area contributed by atoms with Gasteiger partial charge in [-0.25, -0.2) is 4.68 Å². The van der Waals surface area contributed by atoms with Crippen molar-refractivity contribution in [2.24, 2.45) is 7.05 Å². The maximum Gasteiger partial charge on any atom is 0.133 e. The van der Waals surface area contributed by atoms with Crippen LogP contribution in [0.2, 0.25) is 0 Å². The number of hydrogen-bond donors (Lipinski definition) is 1. The average Bonchev–Trinajstić information content (AvgIpc) is 2.77. The Balaban J connectivity index is 2.50. The van der Waals surface area contributed by atoms with E-state index in [2.05, 4.69) is 17.2 Å². The van der Waals surface area contributed by atoms with Gasteiger partial charge < -0.3 is 5.11 Å². The third-order valence-corrected chi connectivity index (χ3v) is 3.00. The highest BCUT2D eigenvalue weighted by Crippen LogP contribution is 2.32. The van der Waals surface area contributed by atoms with Gasteiger partial charge >= 0.3 is 0 Å². The van der Waals surface area contributed by atoms with Gasteiger partial charge in [-0.2, -0.15) is 0 Å². The number of nitrogens with zero attached hydrogens (tertiary/aromatic N) is 3. The molecule has 90 valence electrons. The molecule has 4 nitrogen and oxygen atoms in total. The highest BCUT2D eigenvalue weighted by atomic mass is 16.3. The molecule has 0 spiro atoms. The predicted molar refractivity (Wildman–Crippen MR) is 65.4 cm³/mol. The lowest BCUT2D eigenvalue weighted by Crippen LogP contribution is -2.29. The monoisotopic (exact) mass is 231 g/mol. The third kappa shape index (κ3) is 2.08. The van der Waals surface area contributed by atoms with Crippen LogP contribution in [-0.2, 0) is 12.6 Å². The topological polar surface area (TPSA) is 50.9 Å². The molecule has 0 bridgehead atoms. The number of hydrogen-bond acceptors (Lipinski definition) is 3. The average molecular weight is 231 g/mol. The second kappa shape index (κ2) is 4.67. The van der Waals surface area contributed by atoms with Crippen molar-refractivity contribution < 1.29 is 5.11 Å². The maximum absolute atomic E-state index is 10.9. The van der Waals surface area contributed by atoms with E-state index in [1.165, 1.54) is 0 Å². The van der Waals surface area contributed by atoms with Crippen LogP contribution < -0.4 is 0 Å². The molecule has 0 amide bonds. The summed E-state index contributed by atoms with van der Waals surface area (Å²) in [5, 5.41) is 18.7. The van der Waals surface area contributed by atoms with E-state index in [-0.39, 0.29) is 0 Å². The minimum Gasteiger partial charge on any atom is -0.379 e. The SMILES string of the molecule is CCCC(O)(c1ccccc1)c1cnnn1C. The van der Waals surface area contributed by atoms with E-state index in [4.69, 9.17) is 0 Å². The summed E-state index contributed by atoms with van der Waals surface area (Å²) in [6, 6.07) is 9.67. The van der Waals surface area contributed by atoms with Crippen LogP contribution in [0.15, 0.2) is 36.5 Å². The van der Waals surface area contributed by atoms with Crippen LogP contribution in [0.1, 0.15) is 31.0 Å². The Bertz CT molecular complexity index is 480. The molecule has 1 aromatic heterocycles. The fourth-order valence-electron chi connectivity index (χ4n) is 2.16. The van der Waals surface area contributed by atoms with Crippen molar-refractivity contribution in [1.29, 1.82) is 0 Å². The molecular formula is C13H17N3O. The normalized spacial score (nSPS) is 14.5. The molecule has 0 fully saturated rings. The molecule has 0 saturated heterocycles. The van der Waals surface area contributed by atoms with Crippen LogP contribution in [0.5, 0.6) is 0 Å². The van der Waals surface area contributed by atoms with E-state index in [0.29, 0.717) is 6.42 Å². The first kappa shape index (κ1) is 11.8. The van der Waals surface area contributed by atoms with Crippen molar-refractivity contribution in [2.75, 3.05) is 0 Å². The van der Waals surface area contributed by atoms with Crippen LogP contribution in [0.3, 0.4) is 0 Å². The molecule has 1 unspecified atom stereocenters. The van der Waals surface area contributed by atoms with Crippen molar-refractivity contribution in [3.63, 3.8) is 0 Å². The molecule has 2 aromatic rings. The summed E-state index contributed by atoms with van der Waals surface area (Å²) >= 11 is 0. The summed E-state index contributed by atoms with van der Waals surface area (Å²) in [5.74, 6) is 0. The number of benzene rings is 1. The fourth-order valence-corrected chi connectivity index (χ4v) is 2.16. The zero-order chi connectivity index (χ0) is 12.3. The van der Waals surface area contributed by atoms with Crippen LogP contribution in [0.4, 0.5) is 0 Å². The van der Waals surface area contributed by atoms with Gasteiger partial charge in [0.15, 0.2) is 0 Å². The van der Waals surface area contributed by atoms with Gasteiger partial charge in [0.2, 0.25) is 0 Å². The van der Waals surface area contributed by atoms with Crippen molar-refractivity contribution in [1.82, 2.24) is 15.0 Å². The molecule has 2 rings (SSSR count). The van der Waals surface area contributed by atoms with E-state index in [0.717, 1.165) is 17.7 Å². The van der Waals surface area contributed by atoms with Gasteiger partial charge in [0.1, 0.15) is 5.60 Å². The number of rotatable bonds is 4. The summed E-state index contributed by atoms with van der Waals surface area (Å²) < 4.78 is 1.63. The van der Waals surface area contributed by atoms with E-state index in [1.807, 2.05) is 30.3 Å². The lowest BCUT2D eigenvalue weighted by atomic mass is 9.86. The minimum absolute atomic E-state index is 0.651. The molecule has 0 saturated carbocycles. The van der Waals surface area contributed by atoms with E-state index in [9.17, 15) is 5.11 Å². The van der Waals surface area contributed by atoms with Crippen molar-refractivity contribution >= 4 is 0 Å². The summed E-state index contributed by atoms with van der Waals surface area (Å²) in [6.45, 7) is 2.05. The molecule has 1 atom stereocenters. The second-order valence-electron chi connectivity index (χ2n) is 4.22. The first-order valence-electron chi connectivity index (χ1n) is 5.81. The minimum atomic E-state index is -1.01. The van der Waals surface area contributed by atoms with Crippen LogP contribution in [0, 0.1) is 0 Å². The van der Waals surface area contributed by atoms with Gasteiger partial charge in [-0.1, -0.05) is 48.9 Å². The Kier molecular flexibility index (Phi) is 3.24. The fraction of sp³-hybridized carbons (Fsp3) is 0.385. The Morgan fingerprint density at radius 3 is 2.53 bits per heavy atom. The number of aromatic nitrogens is 3. The Labute approximate surface area is 101 Å². The summed E-state index contributed by atoms with van der Waals surface area (Å²) in [6.07, 6.45) is 3.16. The Hall–Kier alpha value is -1.68. The van der Waals surface area contributed by atoms with Crippen LogP contribution in [0.25, 0.3) is 0 Å². The number of aliphatic hydroxyl groups is 1. The van der Waals surface area contributed by atoms with Crippen molar-refractivity contribution in [3.05, 3.63) is 47.8 Å². The molecule has 17 heavy (non-hydrogen) atoms. The lowest BCUT2D eigenvalue weighted by Gasteiger charge is -2.27. The Morgan fingerprint density at radius 1 is 1.29 bits per heavy atom.